The predicted molar refractivity (Wildman–Crippen MR) is 40.1 cm³/mol. The molecular weight excluding hydrogens is 166 g/mol. The van der Waals surface area contributed by atoms with E-state index in [1.807, 2.05) is 19.0 Å². The van der Waals surface area contributed by atoms with E-state index < -0.39 is 12.3 Å². The van der Waals surface area contributed by atoms with Crippen LogP contribution in [0.4, 0.5) is 8.78 Å². The molecule has 0 atom stereocenters. The minimum atomic E-state index is -2.85. The molecule has 1 aliphatic heterocycles. The van der Waals surface area contributed by atoms with Gasteiger partial charge < -0.3 is 9.80 Å². The molecule has 0 spiro atoms. The van der Waals surface area contributed by atoms with Crippen LogP contribution in [0.2, 0.25) is 0 Å². The minimum Gasteiger partial charge on any atom is -0.334 e. The first-order valence-corrected chi connectivity index (χ1v) is 3.75. The number of rotatable bonds is 2. The van der Waals surface area contributed by atoms with E-state index in [1.165, 1.54) is 4.90 Å². The zero-order chi connectivity index (χ0) is 9.30. The molecule has 0 radical (unpaired) electrons. The Kier molecular flexibility index (Phi) is 2.62. The van der Waals surface area contributed by atoms with Crippen LogP contribution in [-0.4, -0.2) is 55.4 Å². The first-order chi connectivity index (χ1) is 5.52. The molecule has 12 heavy (non-hydrogen) atoms. The normalized spacial score (nSPS) is 18.7. The first kappa shape index (κ1) is 9.38. The average Bonchev–Trinajstić information content (AvgIpc) is 1.82. The highest BCUT2D eigenvalue weighted by Gasteiger charge is 2.35. The van der Waals surface area contributed by atoms with E-state index in [4.69, 9.17) is 0 Å². The van der Waals surface area contributed by atoms with E-state index in [9.17, 15) is 13.6 Å². The van der Waals surface area contributed by atoms with Crippen LogP contribution in [0.15, 0.2) is 0 Å². The average molecular weight is 178 g/mol. The molecule has 1 aliphatic rings. The maximum absolute atomic E-state index is 11.8. The van der Waals surface area contributed by atoms with Gasteiger partial charge in [-0.25, -0.2) is 0 Å². The summed E-state index contributed by atoms with van der Waals surface area (Å²) in [7, 11) is 3.74. The molecule has 0 N–H and O–H groups in total. The summed E-state index contributed by atoms with van der Waals surface area (Å²) >= 11 is 0. The standard InChI is InChI=1S/C7H12F2N2O/c1-10(2)5-3-11(4-5)7(12)6(8)9/h5-6H,3-4H2,1-2H3. The van der Waals surface area contributed by atoms with E-state index in [1.54, 1.807) is 0 Å². The zero-order valence-corrected chi connectivity index (χ0v) is 7.13. The van der Waals surface area contributed by atoms with Crippen LogP contribution in [0.1, 0.15) is 0 Å². The van der Waals surface area contributed by atoms with Crippen molar-refractivity contribution in [1.29, 1.82) is 0 Å². The maximum Gasteiger partial charge on any atom is 0.315 e. The first-order valence-electron chi connectivity index (χ1n) is 3.75. The molecule has 1 heterocycles. The summed E-state index contributed by atoms with van der Waals surface area (Å²) in [6, 6.07) is 0.243. The summed E-state index contributed by atoms with van der Waals surface area (Å²) in [5, 5.41) is 0. The van der Waals surface area contributed by atoms with Gasteiger partial charge in [-0.1, -0.05) is 0 Å². The second-order valence-corrected chi connectivity index (χ2v) is 3.16. The predicted octanol–water partition coefficient (Wildman–Crippen LogP) is 0.0239. The summed E-state index contributed by atoms with van der Waals surface area (Å²) in [5.41, 5.74) is 0. The van der Waals surface area contributed by atoms with Gasteiger partial charge in [-0.2, -0.15) is 8.78 Å². The number of carbonyl (C=O) groups is 1. The molecule has 5 heteroatoms. The third-order valence-electron chi connectivity index (χ3n) is 2.09. The topological polar surface area (TPSA) is 23.6 Å². The second-order valence-electron chi connectivity index (χ2n) is 3.16. The Hall–Kier alpha value is -0.710. The number of likely N-dealkylation sites (tertiary alicyclic amines) is 1. The lowest BCUT2D eigenvalue weighted by atomic mass is 10.1. The number of hydrogen-bond donors (Lipinski definition) is 0. The van der Waals surface area contributed by atoms with Crippen molar-refractivity contribution in [2.75, 3.05) is 27.2 Å². The number of hydrogen-bond acceptors (Lipinski definition) is 2. The van der Waals surface area contributed by atoms with Gasteiger partial charge in [0, 0.05) is 19.1 Å². The fourth-order valence-electron chi connectivity index (χ4n) is 1.10. The summed E-state index contributed by atoms with van der Waals surface area (Å²) in [4.78, 5) is 13.8. The number of alkyl halides is 2. The third kappa shape index (κ3) is 1.72. The molecule has 70 valence electrons. The molecule has 3 nitrogen and oxygen atoms in total. The van der Waals surface area contributed by atoms with Gasteiger partial charge in [0.05, 0.1) is 0 Å². The van der Waals surface area contributed by atoms with Crippen LogP contribution in [0.25, 0.3) is 0 Å². The van der Waals surface area contributed by atoms with Crippen LogP contribution in [-0.2, 0) is 4.79 Å². The Bertz CT molecular complexity index is 178. The smallest absolute Gasteiger partial charge is 0.315 e. The molecule has 0 aliphatic carbocycles. The monoisotopic (exact) mass is 178 g/mol. The van der Waals surface area contributed by atoms with Crippen molar-refractivity contribution < 1.29 is 13.6 Å². The SMILES string of the molecule is CN(C)C1CN(C(=O)C(F)F)C1. The van der Waals surface area contributed by atoms with Crippen molar-refractivity contribution in [2.45, 2.75) is 12.5 Å². The number of halogens is 2. The summed E-state index contributed by atoms with van der Waals surface area (Å²) in [6.07, 6.45) is -2.85. The van der Waals surface area contributed by atoms with E-state index in [2.05, 4.69) is 0 Å². The summed E-state index contributed by atoms with van der Waals surface area (Å²) in [5.74, 6) is -1.05. The van der Waals surface area contributed by atoms with Gasteiger partial charge in [0.15, 0.2) is 0 Å². The highest BCUT2D eigenvalue weighted by atomic mass is 19.3. The van der Waals surface area contributed by atoms with Gasteiger partial charge in [-0.15, -0.1) is 0 Å². The molecule has 0 aromatic heterocycles. The fourth-order valence-corrected chi connectivity index (χ4v) is 1.10. The Morgan fingerprint density at radius 2 is 2.00 bits per heavy atom. The maximum atomic E-state index is 11.8. The molecule has 1 amide bonds. The zero-order valence-electron chi connectivity index (χ0n) is 7.13. The Labute approximate surface area is 69.9 Å². The van der Waals surface area contributed by atoms with E-state index in [0.717, 1.165) is 0 Å². The van der Waals surface area contributed by atoms with Crippen molar-refractivity contribution in [1.82, 2.24) is 9.80 Å². The third-order valence-corrected chi connectivity index (χ3v) is 2.09. The van der Waals surface area contributed by atoms with Crippen molar-refractivity contribution in [3.05, 3.63) is 0 Å². The molecule has 0 bridgehead atoms. The highest BCUT2D eigenvalue weighted by molar-refractivity contribution is 5.80. The summed E-state index contributed by atoms with van der Waals surface area (Å²) < 4.78 is 23.6. The largest absolute Gasteiger partial charge is 0.334 e. The Balaban J connectivity index is 2.30. The van der Waals surface area contributed by atoms with Crippen LogP contribution in [0, 0.1) is 0 Å². The van der Waals surface area contributed by atoms with Gasteiger partial charge in [0.2, 0.25) is 0 Å². The van der Waals surface area contributed by atoms with Crippen LogP contribution in [0.3, 0.4) is 0 Å². The number of carbonyl (C=O) groups excluding carboxylic acids is 1. The van der Waals surface area contributed by atoms with Crippen LogP contribution < -0.4 is 0 Å². The summed E-state index contributed by atoms with van der Waals surface area (Å²) in [6.45, 7) is 0.854. The van der Waals surface area contributed by atoms with Crippen molar-refractivity contribution in [2.24, 2.45) is 0 Å². The highest BCUT2D eigenvalue weighted by Crippen LogP contribution is 2.14. The van der Waals surface area contributed by atoms with Gasteiger partial charge in [-0.3, -0.25) is 4.79 Å². The molecule has 1 saturated heterocycles. The quantitative estimate of drug-likeness (QED) is 0.595. The molecule has 1 rings (SSSR count). The van der Waals surface area contributed by atoms with Crippen molar-refractivity contribution in [3.63, 3.8) is 0 Å². The molecule has 0 unspecified atom stereocenters. The molecule has 1 fully saturated rings. The van der Waals surface area contributed by atoms with E-state index >= 15 is 0 Å². The molecular formula is C7H12F2N2O. The lowest BCUT2D eigenvalue weighted by molar-refractivity contribution is -0.149. The van der Waals surface area contributed by atoms with Gasteiger partial charge >= 0.3 is 6.43 Å². The van der Waals surface area contributed by atoms with Crippen molar-refractivity contribution >= 4 is 5.91 Å². The number of amides is 1. The van der Waals surface area contributed by atoms with Crippen molar-refractivity contribution in [3.8, 4) is 0 Å². The lowest BCUT2D eigenvalue weighted by Gasteiger charge is -2.42. The fraction of sp³-hybridized carbons (Fsp3) is 0.857. The molecule has 0 aromatic carbocycles. The van der Waals surface area contributed by atoms with Gasteiger partial charge in [0.1, 0.15) is 0 Å². The second kappa shape index (κ2) is 3.35. The number of likely N-dealkylation sites (N-methyl/N-ethyl adjacent to an activating group) is 1. The van der Waals surface area contributed by atoms with E-state index in [-0.39, 0.29) is 6.04 Å². The van der Waals surface area contributed by atoms with Crippen LogP contribution in [0.5, 0.6) is 0 Å². The Morgan fingerprint density at radius 3 is 2.33 bits per heavy atom. The number of nitrogens with zero attached hydrogens (tertiary/aromatic N) is 2. The van der Waals surface area contributed by atoms with Crippen LogP contribution >= 0.6 is 0 Å². The van der Waals surface area contributed by atoms with E-state index in [0.29, 0.717) is 13.1 Å². The lowest BCUT2D eigenvalue weighted by Crippen LogP contribution is -2.60. The van der Waals surface area contributed by atoms with Gasteiger partial charge in [0.25, 0.3) is 5.91 Å². The minimum absolute atomic E-state index is 0.243. The molecule has 0 aromatic rings. The van der Waals surface area contributed by atoms with Gasteiger partial charge in [-0.05, 0) is 14.1 Å². The molecule has 0 saturated carbocycles. The Morgan fingerprint density at radius 1 is 1.50 bits per heavy atom.